The van der Waals surface area contributed by atoms with Crippen LogP contribution in [0.15, 0.2) is 64.2 Å². The Morgan fingerprint density at radius 2 is 1.92 bits per heavy atom. The highest BCUT2D eigenvalue weighted by Crippen LogP contribution is 2.31. The molecule has 4 aromatic rings. The average Bonchev–Trinajstić information content (AvgIpc) is 3.26. The van der Waals surface area contributed by atoms with Crippen molar-refractivity contribution in [1.29, 1.82) is 0 Å². The minimum atomic E-state index is 0.570. The number of rotatable bonds is 6. The fraction of sp³-hybridized carbons (Fsp3) is 0.158. The van der Waals surface area contributed by atoms with Crippen molar-refractivity contribution in [3.63, 3.8) is 0 Å². The highest BCUT2D eigenvalue weighted by Gasteiger charge is 2.11. The van der Waals surface area contributed by atoms with Crippen molar-refractivity contribution in [2.24, 2.45) is 0 Å². The number of hydrogen-bond donors (Lipinski definition) is 0. The molecular weight excluding hydrogens is 352 g/mol. The molecule has 6 heteroatoms. The van der Waals surface area contributed by atoms with E-state index in [1.165, 1.54) is 15.0 Å². The number of hydrogen-bond acceptors (Lipinski definition) is 6. The number of fused-ring (bicyclic) bond motifs is 1. The van der Waals surface area contributed by atoms with Crippen molar-refractivity contribution >= 4 is 33.2 Å². The highest BCUT2D eigenvalue weighted by atomic mass is 32.2. The van der Waals surface area contributed by atoms with Gasteiger partial charge in [-0.3, -0.25) is 0 Å². The van der Waals surface area contributed by atoms with E-state index >= 15 is 0 Å². The monoisotopic (exact) mass is 368 g/mol. The Kier molecular flexibility index (Phi) is 4.72. The molecule has 2 heterocycles. The molecule has 0 spiro atoms. The largest absolute Gasteiger partial charge is 0.496 e. The topological polar surface area (TPSA) is 48.2 Å². The lowest BCUT2D eigenvalue weighted by molar-refractivity contribution is 0.400. The van der Waals surface area contributed by atoms with Gasteiger partial charge in [0.25, 0.3) is 5.22 Å². The molecule has 126 valence electrons. The maximum absolute atomic E-state index is 5.77. The molecule has 4 nitrogen and oxygen atoms in total. The summed E-state index contributed by atoms with van der Waals surface area (Å²) < 4.78 is 12.4. The standard InChI is InChI=1S/C19H16N2O2S2/c1-22-16-8-4-2-6-13(16)11-18-20-21-19(23-18)24-12-15-10-14-7-3-5-9-17(14)25-15/h2-10H,11-12H2,1H3. The summed E-state index contributed by atoms with van der Waals surface area (Å²) in [7, 11) is 1.67. The number of thioether (sulfide) groups is 1. The van der Waals surface area contributed by atoms with Gasteiger partial charge in [-0.2, -0.15) is 0 Å². The predicted molar refractivity (Wildman–Crippen MR) is 101 cm³/mol. The van der Waals surface area contributed by atoms with Crippen LogP contribution in [0.2, 0.25) is 0 Å². The van der Waals surface area contributed by atoms with Gasteiger partial charge in [0.2, 0.25) is 5.89 Å². The van der Waals surface area contributed by atoms with Gasteiger partial charge >= 0.3 is 0 Å². The summed E-state index contributed by atoms with van der Waals surface area (Å²) in [6.07, 6.45) is 0.570. The molecule has 2 aromatic heterocycles. The molecule has 0 atom stereocenters. The predicted octanol–water partition coefficient (Wildman–Crippen LogP) is 5.18. The van der Waals surface area contributed by atoms with E-state index in [1.54, 1.807) is 30.2 Å². The summed E-state index contributed by atoms with van der Waals surface area (Å²) in [6.45, 7) is 0. The zero-order valence-electron chi connectivity index (χ0n) is 13.6. The number of para-hydroxylation sites is 1. The van der Waals surface area contributed by atoms with Crippen molar-refractivity contribution < 1.29 is 9.15 Å². The lowest BCUT2D eigenvalue weighted by atomic mass is 10.1. The van der Waals surface area contributed by atoms with E-state index in [9.17, 15) is 0 Å². The van der Waals surface area contributed by atoms with E-state index < -0.39 is 0 Å². The number of ether oxygens (including phenoxy) is 1. The highest BCUT2D eigenvalue weighted by molar-refractivity contribution is 7.98. The van der Waals surface area contributed by atoms with Gasteiger partial charge in [0.1, 0.15) is 5.75 Å². The Balaban J connectivity index is 1.42. The Morgan fingerprint density at radius 3 is 2.80 bits per heavy atom. The molecule has 0 aliphatic heterocycles. The van der Waals surface area contributed by atoms with Crippen LogP contribution in [-0.4, -0.2) is 17.3 Å². The van der Waals surface area contributed by atoms with E-state index in [0.29, 0.717) is 17.5 Å². The molecule has 0 saturated carbocycles. The summed E-state index contributed by atoms with van der Waals surface area (Å²) >= 11 is 3.37. The van der Waals surface area contributed by atoms with E-state index in [0.717, 1.165) is 17.1 Å². The Bertz CT molecular complexity index is 961. The zero-order chi connectivity index (χ0) is 17.1. The van der Waals surface area contributed by atoms with Gasteiger partial charge in [0.05, 0.1) is 13.5 Å². The molecule has 25 heavy (non-hydrogen) atoms. The van der Waals surface area contributed by atoms with Crippen LogP contribution in [0.3, 0.4) is 0 Å². The van der Waals surface area contributed by atoms with Crippen LogP contribution in [-0.2, 0) is 12.2 Å². The van der Waals surface area contributed by atoms with Crippen LogP contribution >= 0.6 is 23.1 Å². The molecule has 2 aromatic carbocycles. The SMILES string of the molecule is COc1ccccc1Cc1nnc(SCc2cc3ccccc3s2)o1. The Labute approximate surface area is 153 Å². The summed E-state index contributed by atoms with van der Waals surface area (Å²) in [5.74, 6) is 2.26. The van der Waals surface area contributed by atoms with Gasteiger partial charge in [-0.05, 0) is 23.6 Å². The molecule has 4 rings (SSSR count). The minimum absolute atomic E-state index is 0.570. The second-order valence-electron chi connectivity index (χ2n) is 5.49. The fourth-order valence-electron chi connectivity index (χ4n) is 2.62. The first-order valence-corrected chi connectivity index (χ1v) is 9.66. The van der Waals surface area contributed by atoms with Crippen LogP contribution in [0.5, 0.6) is 5.75 Å². The van der Waals surface area contributed by atoms with Gasteiger partial charge < -0.3 is 9.15 Å². The van der Waals surface area contributed by atoms with Crippen molar-refractivity contribution in [1.82, 2.24) is 10.2 Å². The van der Waals surface area contributed by atoms with E-state index in [4.69, 9.17) is 9.15 Å². The van der Waals surface area contributed by atoms with E-state index in [1.807, 2.05) is 24.3 Å². The van der Waals surface area contributed by atoms with Crippen molar-refractivity contribution in [2.45, 2.75) is 17.4 Å². The summed E-state index contributed by atoms with van der Waals surface area (Å²) in [5, 5.41) is 10.2. The fourth-order valence-corrected chi connectivity index (χ4v) is 4.50. The van der Waals surface area contributed by atoms with Gasteiger partial charge in [0, 0.05) is 20.9 Å². The molecular formula is C19H16N2O2S2. The maximum atomic E-state index is 5.77. The van der Waals surface area contributed by atoms with Gasteiger partial charge in [-0.15, -0.1) is 21.5 Å². The van der Waals surface area contributed by atoms with Crippen LogP contribution in [0.1, 0.15) is 16.3 Å². The zero-order valence-corrected chi connectivity index (χ0v) is 15.3. The molecule has 0 unspecified atom stereocenters. The first-order valence-electron chi connectivity index (χ1n) is 7.86. The normalized spacial score (nSPS) is 11.1. The minimum Gasteiger partial charge on any atom is -0.496 e. The third kappa shape index (κ3) is 3.70. The van der Waals surface area contributed by atoms with Crippen molar-refractivity contribution in [2.75, 3.05) is 7.11 Å². The first kappa shape index (κ1) is 16.2. The maximum Gasteiger partial charge on any atom is 0.276 e. The van der Waals surface area contributed by atoms with Gasteiger partial charge in [-0.25, -0.2) is 0 Å². The third-order valence-electron chi connectivity index (χ3n) is 3.80. The van der Waals surface area contributed by atoms with E-state index in [2.05, 4.69) is 40.5 Å². The number of methoxy groups -OCH3 is 1. The number of benzene rings is 2. The number of thiophene rings is 1. The quantitative estimate of drug-likeness (QED) is 0.439. The molecule has 0 amide bonds. The average molecular weight is 368 g/mol. The Hall–Kier alpha value is -2.31. The summed E-state index contributed by atoms with van der Waals surface area (Å²) in [6, 6.07) is 18.5. The first-order chi connectivity index (χ1) is 12.3. The molecule has 0 fully saturated rings. The molecule has 0 bridgehead atoms. The molecule has 0 aliphatic carbocycles. The lowest BCUT2D eigenvalue weighted by Crippen LogP contribution is -1.93. The van der Waals surface area contributed by atoms with Gasteiger partial charge in [-0.1, -0.05) is 48.2 Å². The van der Waals surface area contributed by atoms with E-state index in [-0.39, 0.29) is 0 Å². The number of aromatic nitrogens is 2. The smallest absolute Gasteiger partial charge is 0.276 e. The van der Waals surface area contributed by atoms with Crippen LogP contribution < -0.4 is 4.74 Å². The lowest BCUT2D eigenvalue weighted by Gasteiger charge is -2.05. The Morgan fingerprint density at radius 1 is 1.08 bits per heavy atom. The molecule has 0 N–H and O–H groups in total. The molecule has 0 radical (unpaired) electrons. The molecule has 0 aliphatic rings. The second kappa shape index (κ2) is 7.29. The van der Waals surface area contributed by atoms with Crippen LogP contribution in [0, 0.1) is 0 Å². The summed E-state index contributed by atoms with van der Waals surface area (Å²) in [4.78, 5) is 1.30. The number of nitrogens with zero attached hydrogens (tertiary/aromatic N) is 2. The van der Waals surface area contributed by atoms with Crippen molar-refractivity contribution in [3.05, 3.63) is 70.9 Å². The summed E-state index contributed by atoms with van der Waals surface area (Å²) in [5.41, 5.74) is 1.04. The molecule has 0 saturated heterocycles. The van der Waals surface area contributed by atoms with Gasteiger partial charge in [0.15, 0.2) is 0 Å². The third-order valence-corrected chi connectivity index (χ3v) is 5.96. The van der Waals surface area contributed by atoms with Crippen molar-refractivity contribution in [3.8, 4) is 5.75 Å². The van der Waals surface area contributed by atoms with Crippen LogP contribution in [0.25, 0.3) is 10.1 Å². The second-order valence-corrected chi connectivity index (χ2v) is 7.58. The van der Waals surface area contributed by atoms with Crippen LogP contribution in [0.4, 0.5) is 0 Å².